The van der Waals surface area contributed by atoms with Gasteiger partial charge < -0.3 is 5.11 Å². The zero-order valence-electron chi connectivity index (χ0n) is 4.88. The Morgan fingerprint density at radius 1 is 1.75 bits per heavy atom. The molecule has 48 valence electrons. The van der Waals surface area contributed by atoms with Gasteiger partial charge in [0.1, 0.15) is 0 Å². The fourth-order valence-corrected chi connectivity index (χ4v) is 0.584. The minimum atomic E-state index is -0.253. The van der Waals surface area contributed by atoms with E-state index in [2.05, 4.69) is 19.2 Å². The molecule has 0 bridgehead atoms. The third kappa shape index (κ3) is 4.22. The summed E-state index contributed by atoms with van der Waals surface area (Å²) in [5, 5.41) is 8.86. The van der Waals surface area contributed by atoms with Crippen LogP contribution in [0.2, 0.25) is 0 Å². The Morgan fingerprint density at radius 2 is 2.38 bits per heavy atom. The lowest BCUT2D eigenvalue weighted by Crippen LogP contribution is -2.06. The molecule has 1 N–H and O–H groups in total. The van der Waals surface area contributed by atoms with Crippen LogP contribution in [0.15, 0.2) is 12.7 Å². The molecule has 1 atom stereocenters. The normalized spacial score (nSPS) is 13.2. The summed E-state index contributed by atoms with van der Waals surface area (Å²) in [5.41, 5.74) is 0. The lowest BCUT2D eigenvalue weighted by atomic mass is 10.2. The lowest BCUT2D eigenvalue weighted by Gasteiger charge is -2.01. The Bertz CT molecular complexity index is 63.5. The van der Waals surface area contributed by atoms with Gasteiger partial charge in [-0.2, -0.15) is 12.6 Å². The molecule has 0 spiro atoms. The molecule has 0 aliphatic rings. The predicted octanol–water partition coefficient (Wildman–Crippen LogP) is 1.24. The number of aliphatic hydroxyl groups excluding tert-OH is 1. The highest BCUT2D eigenvalue weighted by Gasteiger charge is 1.96. The van der Waals surface area contributed by atoms with Crippen LogP contribution in [0.4, 0.5) is 0 Å². The van der Waals surface area contributed by atoms with Gasteiger partial charge in [-0.3, -0.25) is 0 Å². The maximum atomic E-state index is 8.86. The summed E-state index contributed by atoms with van der Waals surface area (Å²) in [6.45, 7) is 3.53. The molecule has 0 aliphatic carbocycles. The molecule has 0 heterocycles. The first-order valence-electron chi connectivity index (χ1n) is 2.71. The van der Waals surface area contributed by atoms with E-state index in [1.54, 1.807) is 6.08 Å². The molecular weight excluding hydrogens is 120 g/mol. The van der Waals surface area contributed by atoms with Crippen molar-refractivity contribution in [3.63, 3.8) is 0 Å². The van der Waals surface area contributed by atoms with Crippen LogP contribution in [0, 0.1) is 0 Å². The molecule has 2 heteroatoms. The maximum absolute atomic E-state index is 8.86. The molecule has 0 saturated heterocycles. The van der Waals surface area contributed by atoms with Crippen molar-refractivity contribution >= 4 is 12.6 Å². The van der Waals surface area contributed by atoms with Crippen LogP contribution in [0.1, 0.15) is 12.8 Å². The molecule has 0 fully saturated rings. The van der Waals surface area contributed by atoms with Crippen LogP contribution in [0.25, 0.3) is 0 Å². The molecule has 1 nitrogen and oxygen atoms in total. The van der Waals surface area contributed by atoms with Gasteiger partial charge in [0.15, 0.2) is 0 Å². The van der Waals surface area contributed by atoms with Gasteiger partial charge in [0.2, 0.25) is 0 Å². The maximum Gasteiger partial charge on any atom is 0.0631 e. The first-order valence-corrected chi connectivity index (χ1v) is 3.34. The second kappa shape index (κ2) is 5.19. The molecule has 0 radical (unpaired) electrons. The third-order valence-corrected chi connectivity index (χ3v) is 1.34. The fourth-order valence-electron chi connectivity index (χ4n) is 0.402. The number of rotatable bonds is 4. The van der Waals surface area contributed by atoms with Gasteiger partial charge in [-0.25, -0.2) is 0 Å². The number of allylic oxidation sites excluding steroid dienone is 1. The van der Waals surface area contributed by atoms with Crippen LogP contribution < -0.4 is 0 Å². The van der Waals surface area contributed by atoms with E-state index in [0.717, 1.165) is 12.8 Å². The van der Waals surface area contributed by atoms with Crippen molar-refractivity contribution in [2.24, 2.45) is 0 Å². The van der Waals surface area contributed by atoms with Crippen molar-refractivity contribution in [2.45, 2.75) is 18.9 Å². The molecule has 0 amide bonds. The van der Waals surface area contributed by atoms with E-state index in [1.165, 1.54) is 0 Å². The third-order valence-electron chi connectivity index (χ3n) is 0.915. The summed E-state index contributed by atoms with van der Waals surface area (Å²) in [6.07, 6.45) is 3.21. The van der Waals surface area contributed by atoms with Crippen LogP contribution in [0.3, 0.4) is 0 Å². The molecule has 1 unspecified atom stereocenters. The first-order chi connectivity index (χ1) is 3.81. The summed E-state index contributed by atoms with van der Waals surface area (Å²) in [4.78, 5) is 0. The summed E-state index contributed by atoms with van der Waals surface area (Å²) in [7, 11) is 0. The zero-order chi connectivity index (χ0) is 6.41. The van der Waals surface area contributed by atoms with Gasteiger partial charge in [-0.15, -0.1) is 6.58 Å². The van der Waals surface area contributed by atoms with Crippen molar-refractivity contribution in [3.05, 3.63) is 12.7 Å². The topological polar surface area (TPSA) is 20.2 Å². The van der Waals surface area contributed by atoms with Crippen LogP contribution >= 0.6 is 12.6 Å². The van der Waals surface area contributed by atoms with E-state index in [-0.39, 0.29) is 6.10 Å². The number of hydrogen-bond donors (Lipinski definition) is 2. The summed E-state index contributed by atoms with van der Waals surface area (Å²) >= 11 is 3.90. The van der Waals surface area contributed by atoms with Crippen molar-refractivity contribution < 1.29 is 5.11 Å². The Hall–Kier alpha value is 0.0500. The quantitative estimate of drug-likeness (QED) is 0.435. The highest BCUT2D eigenvalue weighted by molar-refractivity contribution is 7.80. The van der Waals surface area contributed by atoms with E-state index < -0.39 is 0 Å². The van der Waals surface area contributed by atoms with Gasteiger partial charge in [-0.05, 0) is 12.8 Å². The van der Waals surface area contributed by atoms with Crippen molar-refractivity contribution in [1.29, 1.82) is 0 Å². The molecule has 0 rings (SSSR count). The Labute approximate surface area is 55.8 Å². The standard InChI is InChI=1S/C6H12OS/c1-2-3-4-6(7)5-8/h2,6-8H,1,3-5H2. The van der Waals surface area contributed by atoms with E-state index >= 15 is 0 Å². The highest BCUT2D eigenvalue weighted by atomic mass is 32.1. The largest absolute Gasteiger partial charge is 0.392 e. The van der Waals surface area contributed by atoms with Gasteiger partial charge in [-0.1, -0.05) is 6.08 Å². The minimum Gasteiger partial charge on any atom is -0.392 e. The summed E-state index contributed by atoms with van der Waals surface area (Å²) < 4.78 is 0. The van der Waals surface area contributed by atoms with Crippen molar-refractivity contribution in [1.82, 2.24) is 0 Å². The molecule has 8 heavy (non-hydrogen) atoms. The van der Waals surface area contributed by atoms with E-state index in [1.807, 2.05) is 0 Å². The second-order valence-corrected chi connectivity index (χ2v) is 2.07. The Balaban J connectivity index is 2.97. The van der Waals surface area contributed by atoms with Crippen LogP contribution in [-0.4, -0.2) is 17.0 Å². The van der Waals surface area contributed by atoms with Gasteiger partial charge >= 0.3 is 0 Å². The van der Waals surface area contributed by atoms with Gasteiger partial charge in [0.05, 0.1) is 6.10 Å². The number of thiol groups is 1. The summed E-state index contributed by atoms with van der Waals surface area (Å²) in [5.74, 6) is 0.549. The molecule has 0 aliphatic heterocycles. The number of aliphatic hydroxyl groups is 1. The average Bonchev–Trinajstić information content (AvgIpc) is 1.83. The Kier molecular flexibility index (Phi) is 5.22. The smallest absolute Gasteiger partial charge is 0.0631 e. The highest BCUT2D eigenvalue weighted by Crippen LogP contribution is 1.97. The van der Waals surface area contributed by atoms with Gasteiger partial charge in [0, 0.05) is 5.75 Å². The zero-order valence-corrected chi connectivity index (χ0v) is 5.77. The molecule has 0 aromatic heterocycles. The van der Waals surface area contributed by atoms with E-state index in [4.69, 9.17) is 5.11 Å². The van der Waals surface area contributed by atoms with E-state index in [9.17, 15) is 0 Å². The fraction of sp³-hybridized carbons (Fsp3) is 0.667. The Morgan fingerprint density at radius 3 is 2.75 bits per heavy atom. The average molecular weight is 132 g/mol. The minimum absolute atomic E-state index is 0.253. The van der Waals surface area contributed by atoms with Crippen molar-refractivity contribution in [2.75, 3.05) is 5.75 Å². The molecule has 0 saturated carbocycles. The van der Waals surface area contributed by atoms with Crippen molar-refractivity contribution in [3.8, 4) is 0 Å². The molecule has 0 aromatic rings. The predicted molar refractivity (Wildman–Crippen MR) is 39.3 cm³/mol. The summed E-state index contributed by atoms with van der Waals surface area (Å²) in [6, 6.07) is 0. The monoisotopic (exact) mass is 132 g/mol. The second-order valence-electron chi connectivity index (χ2n) is 1.70. The lowest BCUT2D eigenvalue weighted by molar-refractivity contribution is 0.191. The SMILES string of the molecule is C=CCCC(O)CS. The van der Waals surface area contributed by atoms with E-state index in [0.29, 0.717) is 5.75 Å². The van der Waals surface area contributed by atoms with Crippen LogP contribution in [-0.2, 0) is 0 Å². The number of hydrogen-bond acceptors (Lipinski definition) is 2. The first kappa shape index (κ1) is 8.05. The molecular formula is C6H12OS. The van der Waals surface area contributed by atoms with Crippen LogP contribution in [0.5, 0.6) is 0 Å². The molecule has 0 aromatic carbocycles. The van der Waals surface area contributed by atoms with Gasteiger partial charge in [0.25, 0.3) is 0 Å².